The molecule has 3 aromatic rings. The molecule has 0 spiro atoms. The number of halogens is 2. The van der Waals surface area contributed by atoms with E-state index in [1.54, 1.807) is 50.1 Å². The van der Waals surface area contributed by atoms with Gasteiger partial charge in [0, 0.05) is 36.5 Å². The lowest BCUT2D eigenvalue weighted by molar-refractivity contribution is -0.133. The Morgan fingerprint density at radius 2 is 1.88 bits per heavy atom. The van der Waals surface area contributed by atoms with Gasteiger partial charge in [-0.25, -0.2) is 13.6 Å². The molecule has 4 rings (SSSR count). The van der Waals surface area contributed by atoms with Crippen molar-refractivity contribution >= 4 is 12.0 Å². The number of alkyl carbamates (subject to hydrolysis) is 1. The fourth-order valence-electron chi connectivity index (χ4n) is 4.55. The van der Waals surface area contributed by atoms with Gasteiger partial charge < -0.3 is 19.7 Å². The Hall–Kier alpha value is -4.46. The number of amides is 2. The third-order valence-corrected chi connectivity index (χ3v) is 6.38. The van der Waals surface area contributed by atoms with Gasteiger partial charge in [-0.2, -0.15) is 10.4 Å². The van der Waals surface area contributed by atoms with Gasteiger partial charge in [0.15, 0.2) is 11.6 Å². The highest BCUT2D eigenvalue weighted by Crippen LogP contribution is 2.34. The zero-order valence-corrected chi connectivity index (χ0v) is 22.8. The first-order chi connectivity index (χ1) is 19.0. The molecule has 2 amide bonds. The molecule has 1 aliphatic heterocycles. The zero-order valence-electron chi connectivity index (χ0n) is 22.8. The normalized spacial score (nSPS) is 15.3. The topological polar surface area (TPSA) is 109 Å². The fraction of sp³-hybridized carbons (Fsp3) is 0.379. The molecule has 0 radical (unpaired) electrons. The van der Waals surface area contributed by atoms with Crippen LogP contribution in [0.25, 0.3) is 22.4 Å². The Morgan fingerprint density at radius 1 is 1.15 bits per heavy atom. The molecule has 9 nitrogen and oxygen atoms in total. The van der Waals surface area contributed by atoms with E-state index in [0.29, 0.717) is 48.3 Å². The summed E-state index contributed by atoms with van der Waals surface area (Å²) < 4.78 is 40.8. The van der Waals surface area contributed by atoms with E-state index in [2.05, 4.69) is 10.4 Å². The number of methoxy groups -OCH3 is 1. The molecule has 1 saturated heterocycles. The summed E-state index contributed by atoms with van der Waals surface area (Å²) in [5, 5.41) is 16.5. The molecule has 2 aromatic carbocycles. The number of hydrogen-bond acceptors (Lipinski definition) is 6. The van der Waals surface area contributed by atoms with Crippen molar-refractivity contribution in [2.24, 2.45) is 0 Å². The number of ether oxygens (including phenoxy) is 2. The number of nitriles is 1. The molecule has 40 heavy (non-hydrogen) atoms. The summed E-state index contributed by atoms with van der Waals surface area (Å²) in [5.74, 6) is -1.46. The Labute approximate surface area is 231 Å². The number of carbonyl (C=O) groups is 2. The molecule has 1 aliphatic rings. The van der Waals surface area contributed by atoms with Crippen LogP contribution in [0, 0.1) is 23.0 Å². The average Bonchev–Trinajstić information content (AvgIpc) is 3.31. The highest BCUT2D eigenvalue weighted by Gasteiger charge is 2.27. The van der Waals surface area contributed by atoms with E-state index in [4.69, 9.17) is 14.7 Å². The maximum Gasteiger partial charge on any atom is 0.407 e. The number of piperidine rings is 1. The Bertz CT molecular complexity index is 1460. The van der Waals surface area contributed by atoms with Crippen LogP contribution in [-0.2, 0) is 16.1 Å². The summed E-state index contributed by atoms with van der Waals surface area (Å²) in [4.78, 5) is 27.1. The molecule has 1 fully saturated rings. The van der Waals surface area contributed by atoms with Gasteiger partial charge >= 0.3 is 6.09 Å². The summed E-state index contributed by atoms with van der Waals surface area (Å²) in [5.41, 5.74) is 0.882. The molecule has 2 heterocycles. The van der Waals surface area contributed by atoms with Crippen LogP contribution in [0.2, 0.25) is 0 Å². The molecule has 0 saturated carbocycles. The summed E-state index contributed by atoms with van der Waals surface area (Å²) in [6, 6.07) is 10.0. The summed E-state index contributed by atoms with van der Waals surface area (Å²) >= 11 is 0. The van der Waals surface area contributed by atoms with Crippen LogP contribution >= 0.6 is 0 Å². The first-order valence-electron chi connectivity index (χ1n) is 12.9. The van der Waals surface area contributed by atoms with Crippen LogP contribution in [0.1, 0.15) is 39.2 Å². The van der Waals surface area contributed by atoms with E-state index < -0.39 is 23.3 Å². The van der Waals surface area contributed by atoms with Gasteiger partial charge in [-0.15, -0.1) is 0 Å². The quantitative estimate of drug-likeness (QED) is 0.467. The molecule has 0 unspecified atom stereocenters. The summed E-state index contributed by atoms with van der Waals surface area (Å²) in [7, 11) is 1.36. The second-order valence-electron chi connectivity index (χ2n) is 10.6. The predicted molar refractivity (Wildman–Crippen MR) is 143 cm³/mol. The number of carbonyl (C=O) groups excluding carboxylic acids is 2. The van der Waals surface area contributed by atoms with Gasteiger partial charge in [0.1, 0.15) is 29.7 Å². The molecular formula is C29H31F2N5O4. The molecular weight excluding hydrogens is 520 g/mol. The SMILES string of the molecule is COc1ccc(-c2nn(CC(=O)N3CCC[C@@H](NC(=O)OC(C)(C)C)C3)cc2-c2ccc(C#N)c(F)c2)cc1F. The number of rotatable bonds is 6. The van der Waals surface area contributed by atoms with Crippen molar-refractivity contribution in [3.8, 4) is 34.2 Å². The minimum absolute atomic E-state index is 0.0592. The standard InChI is InChI=1S/C29H31F2N5O4/c1-29(2,3)40-28(38)33-21-6-5-11-35(15-21)26(37)17-36-16-22(18-7-8-20(14-32)23(30)12-18)27(34-36)19-9-10-25(39-4)24(31)13-19/h7-10,12-13,16,21H,5-6,11,15,17H2,1-4H3,(H,33,38)/t21-/m1/s1. The number of nitrogens with one attached hydrogen (secondary N) is 1. The van der Waals surface area contributed by atoms with Gasteiger partial charge in [-0.3, -0.25) is 9.48 Å². The first kappa shape index (κ1) is 28.5. The number of nitrogens with zero attached hydrogens (tertiary/aromatic N) is 4. The summed E-state index contributed by atoms with van der Waals surface area (Å²) in [6.45, 7) is 6.07. The second kappa shape index (κ2) is 11.7. The van der Waals surface area contributed by atoms with E-state index in [1.165, 1.54) is 36.1 Å². The van der Waals surface area contributed by atoms with Gasteiger partial charge in [0.05, 0.1) is 12.7 Å². The van der Waals surface area contributed by atoms with E-state index >= 15 is 0 Å². The van der Waals surface area contributed by atoms with Crippen molar-refractivity contribution < 1.29 is 27.8 Å². The van der Waals surface area contributed by atoms with Crippen LogP contribution in [0.5, 0.6) is 5.75 Å². The molecule has 11 heteroatoms. The molecule has 1 atom stereocenters. The largest absolute Gasteiger partial charge is 0.494 e. The number of aromatic nitrogens is 2. The average molecular weight is 552 g/mol. The van der Waals surface area contributed by atoms with Crippen LogP contribution in [0.4, 0.5) is 13.6 Å². The number of likely N-dealkylation sites (tertiary alicyclic amines) is 1. The van der Waals surface area contributed by atoms with Gasteiger partial charge in [0.25, 0.3) is 0 Å². The Kier molecular flexibility index (Phi) is 8.38. The predicted octanol–water partition coefficient (Wildman–Crippen LogP) is 4.89. The van der Waals surface area contributed by atoms with Crippen molar-refractivity contribution in [1.82, 2.24) is 20.0 Å². The Balaban J connectivity index is 1.58. The van der Waals surface area contributed by atoms with Crippen molar-refractivity contribution in [3.63, 3.8) is 0 Å². The van der Waals surface area contributed by atoms with Crippen molar-refractivity contribution in [2.45, 2.75) is 51.8 Å². The monoisotopic (exact) mass is 551 g/mol. The second-order valence-corrected chi connectivity index (χ2v) is 10.6. The third-order valence-electron chi connectivity index (χ3n) is 6.38. The van der Waals surface area contributed by atoms with Crippen LogP contribution in [0.15, 0.2) is 42.6 Å². The smallest absolute Gasteiger partial charge is 0.407 e. The number of hydrogen-bond donors (Lipinski definition) is 1. The van der Waals surface area contributed by atoms with E-state index in [1.807, 2.05) is 0 Å². The lowest BCUT2D eigenvalue weighted by Crippen LogP contribution is -2.51. The van der Waals surface area contributed by atoms with Crippen molar-refractivity contribution in [1.29, 1.82) is 5.26 Å². The van der Waals surface area contributed by atoms with Gasteiger partial charge in [0.2, 0.25) is 5.91 Å². The van der Waals surface area contributed by atoms with E-state index in [-0.39, 0.29) is 29.8 Å². The van der Waals surface area contributed by atoms with Crippen molar-refractivity contribution in [2.75, 3.05) is 20.2 Å². The van der Waals surface area contributed by atoms with E-state index in [0.717, 1.165) is 0 Å². The van der Waals surface area contributed by atoms with Crippen LogP contribution < -0.4 is 10.1 Å². The molecule has 0 bridgehead atoms. The maximum atomic E-state index is 14.6. The van der Waals surface area contributed by atoms with Crippen LogP contribution in [0.3, 0.4) is 0 Å². The molecule has 1 N–H and O–H groups in total. The zero-order chi connectivity index (χ0) is 29.0. The molecule has 210 valence electrons. The first-order valence-corrected chi connectivity index (χ1v) is 12.9. The lowest BCUT2D eigenvalue weighted by atomic mass is 10.0. The van der Waals surface area contributed by atoms with Crippen LogP contribution in [-0.4, -0.2) is 58.5 Å². The Morgan fingerprint density at radius 3 is 2.52 bits per heavy atom. The minimum Gasteiger partial charge on any atom is -0.494 e. The minimum atomic E-state index is -0.701. The molecule has 0 aliphatic carbocycles. The number of benzene rings is 2. The lowest BCUT2D eigenvalue weighted by Gasteiger charge is -2.33. The van der Waals surface area contributed by atoms with Gasteiger partial charge in [-0.1, -0.05) is 6.07 Å². The third kappa shape index (κ3) is 6.75. The maximum absolute atomic E-state index is 14.6. The fourth-order valence-corrected chi connectivity index (χ4v) is 4.55. The highest BCUT2D eigenvalue weighted by molar-refractivity contribution is 5.82. The van der Waals surface area contributed by atoms with Crippen molar-refractivity contribution in [3.05, 3.63) is 59.8 Å². The highest BCUT2D eigenvalue weighted by atomic mass is 19.1. The molecule has 1 aromatic heterocycles. The van der Waals surface area contributed by atoms with Gasteiger partial charge in [-0.05, 0) is 69.5 Å². The van der Waals surface area contributed by atoms with E-state index in [9.17, 15) is 18.4 Å². The summed E-state index contributed by atoms with van der Waals surface area (Å²) in [6.07, 6.45) is 2.48.